The second kappa shape index (κ2) is 49.6. The summed E-state index contributed by atoms with van der Waals surface area (Å²) in [5.74, 6) is -17.7. The van der Waals surface area contributed by atoms with E-state index in [0.29, 0.717) is 57.1 Å². The quantitative estimate of drug-likeness (QED) is 0.0413. The SMILES string of the molecule is CCCC[C@H]1C(=O)N(C)CC(=O)N[C@@H](CC(=O)O)C(=O)N[C@@H](C(C)C)C(=O)N(C)[C@@H](Cc2ccccc2)C(=O)N[C@@H](Cc2ccc(O)cc2)C(=O)N(C)CC(=O)N[C@@H](Cc2c[nH]c3ccccc23)C(=O)N[C@@H](CCc2ccc(O)cc2)C(=O)N[C@@H](CC(C)C)C(=O)N[C@H](C(=O)NCC(N)=O)CSCC(=O)N[C@@H](Cc2ccccc2)C(=O)N(C)[C@@H](Cc2ccc(O)cc2)C(=O)N1C. The number of likely N-dealkylation sites (N-methyl/N-ethyl adjacent to an activating group) is 5. The number of benzene rings is 6. The maximum Gasteiger partial charge on any atom is 0.305 e. The number of amides is 15. The van der Waals surface area contributed by atoms with Crippen LogP contribution in [0.5, 0.6) is 17.2 Å². The lowest BCUT2D eigenvalue weighted by Crippen LogP contribution is -2.61. The number of H-pyrrole nitrogens is 1. The summed E-state index contributed by atoms with van der Waals surface area (Å²) >= 11 is 0.815. The highest BCUT2D eigenvalue weighted by atomic mass is 32.2. The highest BCUT2D eigenvalue weighted by molar-refractivity contribution is 8.00. The molecule has 131 heavy (non-hydrogen) atoms. The van der Waals surface area contributed by atoms with Crippen LogP contribution < -0.4 is 53.6 Å². The largest absolute Gasteiger partial charge is 0.508 e. The van der Waals surface area contributed by atoms with Crippen LogP contribution in [0, 0.1) is 11.8 Å². The number of aromatic hydroxyl groups is 3. The Bertz CT molecular complexity index is 5140. The predicted octanol–water partition coefficient (Wildman–Crippen LogP) is 2.42. The van der Waals surface area contributed by atoms with Gasteiger partial charge in [-0.25, -0.2) is 0 Å². The minimum Gasteiger partial charge on any atom is -0.508 e. The number of fused-ring (bicyclic) bond motifs is 1. The molecule has 0 radical (unpaired) electrons. The molecule has 36 nitrogen and oxygen atoms in total. The smallest absolute Gasteiger partial charge is 0.305 e. The molecule has 1 aromatic heterocycles. The molecule has 1 aliphatic rings. The number of carbonyl (C=O) groups is 16. The summed E-state index contributed by atoms with van der Waals surface area (Å²) in [5.41, 5.74) is 9.14. The van der Waals surface area contributed by atoms with Gasteiger partial charge in [0.2, 0.25) is 88.6 Å². The number of unbranched alkanes of at least 4 members (excludes halogenated alkanes) is 1. The fourth-order valence-electron chi connectivity index (χ4n) is 15.1. The van der Waals surface area contributed by atoms with Gasteiger partial charge in [-0.15, -0.1) is 11.8 Å². The van der Waals surface area contributed by atoms with Gasteiger partial charge in [0, 0.05) is 90.2 Å². The number of aromatic nitrogens is 1. The Balaban J connectivity index is 1.22. The second-order valence-corrected chi connectivity index (χ2v) is 34.6. The number of hydrogen-bond acceptors (Lipinski definition) is 20. The zero-order valence-electron chi connectivity index (χ0n) is 75.2. The highest BCUT2D eigenvalue weighted by Crippen LogP contribution is 2.25. The molecular formula is C94H120N16O20S. The highest BCUT2D eigenvalue weighted by Gasteiger charge is 2.42. The maximum atomic E-state index is 15.5. The van der Waals surface area contributed by atoms with Gasteiger partial charge in [-0.1, -0.05) is 163 Å². The van der Waals surface area contributed by atoms with E-state index in [1.165, 1.54) is 95.9 Å². The average Bonchev–Trinajstić information content (AvgIpc) is 1.71. The number of nitrogens with two attached hydrogens (primary N) is 1. The zero-order valence-corrected chi connectivity index (χ0v) is 76.0. The molecule has 0 saturated carbocycles. The molecule has 0 aliphatic carbocycles. The first-order valence-electron chi connectivity index (χ1n) is 43.3. The van der Waals surface area contributed by atoms with Crippen LogP contribution in [0.2, 0.25) is 0 Å². The topological polar surface area (TPSA) is 520 Å². The van der Waals surface area contributed by atoms with Gasteiger partial charge in [0.25, 0.3) is 0 Å². The lowest BCUT2D eigenvalue weighted by molar-refractivity contribution is -0.151. The van der Waals surface area contributed by atoms with Crippen LogP contribution in [0.15, 0.2) is 164 Å². The lowest BCUT2D eigenvalue weighted by atomic mass is 9.98. The Hall–Kier alpha value is -13.9. The Labute approximate surface area is 764 Å². The van der Waals surface area contributed by atoms with Crippen LogP contribution in [0.4, 0.5) is 0 Å². The molecule has 8 rings (SSSR count). The number of aliphatic carboxylic acids is 1. The number of carbonyl (C=O) groups excluding carboxylic acids is 15. The molecule has 1 saturated heterocycles. The van der Waals surface area contributed by atoms with E-state index in [4.69, 9.17) is 5.73 Å². The van der Waals surface area contributed by atoms with E-state index in [1.54, 1.807) is 131 Å². The Morgan fingerprint density at radius 1 is 0.458 bits per heavy atom. The summed E-state index contributed by atoms with van der Waals surface area (Å²) in [6.45, 7) is 6.11. The molecule has 16 N–H and O–H groups in total. The number of carboxylic acids is 1. The van der Waals surface area contributed by atoms with Gasteiger partial charge in [0.15, 0.2) is 0 Å². The third-order valence-corrected chi connectivity index (χ3v) is 23.5. The number of phenols is 3. The minimum atomic E-state index is -1.92. The lowest BCUT2D eigenvalue weighted by Gasteiger charge is -2.37. The van der Waals surface area contributed by atoms with Gasteiger partial charge in [-0.2, -0.15) is 0 Å². The fraction of sp³-hybridized carbons (Fsp3) is 0.426. The van der Waals surface area contributed by atoms with Crippen molar-refractivity contribution in [2.24, 2.45) is 17.6 Å². The van der Waals surface area contributed by atoms with E-state index in [-0.39, 0.29) is 81.0 Å². The first-order valence-corrected chi connectivity index (χ1v) is 44.5. The van der Waals surface area contributed by atoms with E-state index in [9.17, 15) is 58.8 Å². The van der Waals surface area contributed by atoms with Gasteiger partial charge in [-0.3, -0.25) is 76.7 Å². The summed E-state index contributed by atoms with van der Waals surface area (Å²) in [6, 6.07) is 24.5. The van der Waals surface area contributed by atoms with Crippen LogP contribution >= 0.6 is 11.8 Å². The molecule has 1 aliphatic heterocycles. The fourth-order valence-corrected chi connectivity index (χ4v) is 16.0. The minimum absolute atomic E-state index is 0.00313. The van der Waals surface area contributed by atoms with Crippen molar-refractivity contribution in [3.63, 3.8) is 0 Å². The van der Waals surface area contributed by atoms with Crippen molar-refractivity contribution < 1.29 is 97.1 Å². The van der Waals surface area contributed by atoms with Gasteiger partial charge in [-0.05, 0) is 113 Å². The molecule has 1 fully saturated rings. The number of nitrogens with one attached hydrogen (secondary N) is 10. The molecule has 0 spiro atoms. The molecule has 702 valence electrons. The van der Waals surface area contributed by atoms with Gasteiger partial charge >= 0.3 is 5.97 Å². The first-order chi connectivity index (χ1) is 62.3. The van der Waals surface area contributed by atoms with Crippen LogP contribution in [-0.2, 0) is 115 Å². The molecule has 0 unspecified atom stereocenters. The van der Waals surface area contributed by atoms with Crippen molar-refractivity contribution in [1.29, 1.82) is 0 Å². The van der Waals surface area contributed by atoms with E-state index in [0.717, 1.165) is 36.3 Å². The second-order valence-electron chi connectivity index (χ2n) is 33.6. The molecule has 7 aromatic rings. The van der Waals surface area contributed by atoms with Crippen molar-refractivity contribution in [2.45, 2.75) is 178 Å². The number of aromatic amines is 1. The van der Waals surface area contributed by atoms with Crippen molar-refractivity contribution in [1.82, 2.24) is 77.3 Å². The first kappa shape index (κ1) is 103. The number of phenolic OH excluding ortho intramolecular Hbond substituents is 3. The van der Waals surface area contributed by atoms with Gasteiger partial charge in [0.1, 0.15) is 83.7 Å². The summed E-state index contributed by atoms with van der Waals surface area (Å²) < 4.78 is 0. The summed E-state index contributed by atoms with van der Waals surface area (Å²) in [6.07, 6.45) is 0.0399. The van der Waals surface area contributed by atoms with Crippen molar-refractivity contribution in [2.75, 3.05) is 66.4 Å². The molecule has 2 heterocycles. The third kappa shape index (κ3) is 31.2. The number of aryl methyl sites for hydroxylation is 1. The molecule has 15 amide bonds. The van der Waals surface area contributed by atoms with E-state index >= 15 is 38.4 Å². The Morgan fingerprint density at radius 2 is 0.924 bits per heavy atom. The Kier molecular flexibility index (Phi) is 38.8. The van der Waals surface area contributed by atoms with Crippen LogP contribution in [0.1, 0.15) is 107 Å². The van der Waals surface area contributed by atoms with E-state index in [2.05, 4.69) is 52.8 Å². The Morgan fingerprint density at radius 3 is 1.49 bits per heavy atom. The maximum absolute atomic E-state index is 15.5. The van der Waals surface area contributed by atoms with Crippen molar-refractivity contribution in [3.05, 3.63) is 197 Å². The van der Waals surface area contributed by atoms with Gasteiger partial charge in [0.05, 0.1) is 31.8 Å². The number of nitrogens with zero attached hydrogens (tertiary/aromatic N) is 5. The number of carboxylic acid groups (broad SMARTS) is 1. The number of thioether (sulfide) groups is 1. The van der Waals surface area contributed by atoms with Crippen LogP contribution in [0.25, 0.3) is 10.9 Å². The zero-order chi connectivity index (χ0) is 95.9. The summed E-state index contributed by atoms with van der Waals surface area (Å²) in [4.78, 5) is 244. The monoisotopic (exact) mass is 1820 g/mol. The molecule has 0 bridgehead atoms. The van der Waals surface area contributed by atoms with Gasteiger partial charge < -0.3 is 103 Å². The molecule has 6 aromatic carbocycles. The van der Waals surface area contributed by atoms with E-state index in [1.807, 2.05) is 6.92 Å². The molecule has 37 heteroatoms. The number of para-hydroxylation sites is 1. The molecular weight excluding hydrogens is 1710 g/mol. The number of primary amides is 1. The third-order valence-electron chi connectivity index (χ3n) is 22.4. The average molecular weight is 1830 g/mol. The standard InChI is InChI=1S/C94H120N16O20S/c1-11-12-27-75-92(128)107(7)52-80(116)99-71(48-82(118)119)88(124)105-83(56(4)5)94(130)109(9)76(45-59-23-17-14-18-24-59)89(125)103-72(44-60-30-37-64(112)38-31-60)90(126)106(6)51-79(115)98-70(47-62-49-96-67-26-20-19-25-66(62)67)87(123)101-68(41-34-57-28-35-63(111)36-29-57)85(121)102-69(42-55(2)3)86(122)104-74(84(120)97-50-78(95)114)53-131-54-81(117)100-73(43-58-21-15-13-16-22-58)91(127)110(10)77(93(129)108(75)8)46-61-32-39-65(113)40-33-61/h13-26,28-33,35-40,49,55-56,68-77,83,96,111-113H,11-12,27,34,41-48,50-54H2,1-10H3,(H2,95,114)(H,97,120)(H,98,115)(H,99,116)(H,100,117)(H,101,123)(H,102,121)(H,103,125)(H,104,122)(H,105,124)(H,118,119)/t68-,69-,70-,71-,72-,73-,74-,75-,76-,77-,83-/m0/s1. The summed E-state index contributed by atoms with van der Waals surface area (Å²) in [7, 11) is 6.44. The van der Waals surface area contributed by atoms with Crippen LogP contribution in [0.3, 0.4) is 0 Å². The molecule has 11 atom stereocenters. The summed E-state index contributed by atoms with van der Waals surface area (Å²) in [5, 5.41) is 65.9. The number of rotatable bonds is 24. The van der Waals surface area contributed by atoms with Crippen LogP contribution in [-0.4, -0.2) is 277 Å². The predicted molar refractivity (Wildman–Crippen MR) is 488 cm³/mol. The normalized spacial score (nSPS) is 21.8. The number of hydrogen-bond donors (Lipinski definition) is 15. The van der Waals surface area contributed by atoms with Crippen molar-refractivity contribution >= 4 is 117 Å². The van der Waals surface area contributed by atoms with Crippen molar-refractivity contribution in [3.8, 4) is 17.2 Å². The van der Waals surface area contributed by atoms with E-state index < -0.39 is 205 Å².